The van der Waals surface area contributed by atoms with Crippen LogP contribution in [-0.4, -0.2) is 17.3 Å². The Balaban J connectivity index is 3.63. The van der Waals surface area contributed by atoms with Crippen LogP contribution < -0.4 is 0 Å². The molecule has 0 saturated heterocycles. The van der Waals surface area contributed by atoms with Crippen molar-refractivity contribution in [1.29, 1.82) is 0 Å². The molecule has 0 atom stereocenters. The molecule has 3 heteroatoms. The predicted molar refractivity (Wildman–Crippen MR) is 58.7 cm³/mol. The van der Waals surface area contributed by atoms with Crippen molar-refractivity contribution in [3.63, 3.8) is 0 Å². The fourth-order valence-electron chi connectivity index (χ4n) is 1.36. The molecule has 0 aliphatic rings. The normalized spacial score (nSPS) is 10.0. The number of rotatable bonds is 9. The number of ketones is 3. The molecule has 0 aromatic carbocycles. The number of carbonyl (C=O) groups excluding carboxylic acids is 3. The summed E-state index contributed by atoms with van der Waals surface area (Å²) < 4.78 is 0. The highest BCUT2D eigenvalue weighted by molar-refractivity contribution is 6.37. The molecular formula is C12H20O3. The van der Waals surface area contributed by atoms with Crippen molar-refractivity contribution in [2.45, 2.75) is 58.8 Å². The molecule has 0 aliphatic carbocycles. The van der Waals surface area contributed by atoms with Gasteiger partial charge in [-0.25, -0.2) is 0 Å². The molecule has 0 radical (unpaired) electrons. The van der Waals surface area contributed by atoms with Gasteiger partial charge in [0.1, 0.15) is 5.78 Å². The van der Waals surface area contributed by atoms with E-state index in [-0.39, 0.29) is 23.8 Å². The van der Waals surface area contributed by atoms with Crippen molar-refractivity contribution in [2.24, 2.45) is 0 Å². The van der Waals surface area contributed by atoms with Crippen LogP contribution >= 0.6 is 0 Å². The summed E-state index contributed by atoms with van der Waals surface area (Å²) in [5.41, 5.74) is 0. The van der Waals surface area contributed by atoms with E-state index in [4.69, 9.17) is 0 Å². The van der Waals surface area contributed by atoms with Gasteiger partial charge in [0.25, 0.3) is 0 Å². The van der Waals surface area contributed by atoms with Gasteiger partial charge in [-0.2, -0.15) is 0 Å². The minimum absolute atomic E-state index is 0.188. The lowest BCUT2D eigenvalue weighted by atomic mass is 10.0. The van der Waals surface area contributed by atoms with Crippen LogP contribution in [0.3, 0.4) is 0 Å². The van der Waals surface area contributed by atoms with Crippen molar-refractivity contribution in [3.8, 4) is 0 Å². The summed E-state index contributed by atoms with van der Waals surface area (Å²) in [6, 6.07) is 0. The third-order valence-electron chi connectivity index (χ3n) is 2.18. The van der Waals surface area contributed by atoms with E-state index in [9.17, 15) is 14.4 Å². The minimum atomic E-state index is -0.318. The largest absolute Gasteiger partial charge is 0.300 e. The van der Waals surface area contributed by atoms with E-state index in [1.165, 1.54) is 0 Å². The summed E-state index contributed by atoms with van der Waals surface area (Å²) in [4.78, 5) is 33.4. The van der Waals surface area contributed by atoms with Crippen molar-refractivity contribution in [2.75, 3.05) is 0 Å². The molecule has 3 nitrogen and oxygen atoms in total. The quantitative estimate of drug-likeness (QED) is 0.552. The molecule has 15 heavy (non-hydrogen) atoms. The van der Waals surface area contributed by atoms with Crippen LogP contribution in [0.5, 0.6) is 0 Å². The molecule has 86 valence electrons. The van der Waals surface area contributed by atoms with Crippen molar-refractivity contribution in [3.05, 3.63) is 0 Å². The first-order chi connectivity index (χ1) is 7.11. The zero-order valence-electron chi connectivity index (χ0n) is 9.67. The summed E-state index contributed by atoms with van der Waals surface area (Å²) in [5, 5.41) is 0. The predicted octanol–water partition coefficient (Wildman–Crippen LogP) is 2.46. The van der Waals surface area contributed by atoms with Gasteiger partial charge in [-0.15, -0.1) is 0 Å². The molecule has 0 fully saturated rings. The molecule has 0 rings (SSSR count). The number of hydrogen-bond acceptors (Lipinski definition) is 3. The fraction of sp³-hybridized carbons (Fsp3) is 0.750. The Morgan fingerprint density at radius 3 is 1.80 bits per heavy atom. The third kappa shape index (κ3) is 7.00. The van der Waals surface area contributed by atoms with Gasteiger partial charge in [-0.3, -0.25) is 14.4 Å². The second-order valence-corrected chi connectivity index (χ2v) is 3.74. The van der Waals surface area contributed by atoms with E-state index >= 15 is 0 Å². The lowest BCUT2D eigenvalue weighted by Gasteiger charge is -1.99. The molecule has 0 amide bonds. The highest BCUT2D eigenvalue weighted by Crippen LogP contribution is 2.04. The standard InChI is InChI=1S/C12H20O3/c1-3-6-10(13)8-5-9-12(15)11(14)7-4-2/h3-9H2,1-2H3. The van der Waals surface area contributed by atoms with E-state index in [0.717, 1.165) is 6.42 Å². The summed E-state index contributed by atoms with van der Waals surface area (Å²) in [6.45, 7) is 3.82. The van der Waals surface area contributed by atoms with Gasteiger partial charge in [0.2, 0.25) is 0 Å². The van der Waals surface area contributed by atoms with Crippen molar-refractivity contribution in [1.82, 2.24) is 0 Å². The van der Waals surface area contributed by atoms with Gasteiger partial charge in [0, 0.05) is 25.7 Å². The molecule has 0 aliphatic heterocycles. The van der Waals surface area contributed by atoms with Crippen LogP contribution in [-0.2, 0) is 14.4 Å². The monoisotopic (exact) mass is 212 g/mol. The Hall–Kier alpha value is -0.990. The minimum Gasteiger partial charge on any atom is -0.300 e. The van der Waals surface area contributed by atoms with E-state index in [2.05, 4.69) is 0 Å². The molecule has 0 aromatic rings. The topological polar surface area (TPSA) is 51.2 Å². The Morgan fingerprint density at radius 1 is 0.733 bits per heavy atom. The Bertz CT molecular complexity index is 231. The van der Waals surface area contributed by atoms with Crippen LogP contribution in [0, 0.1) is 0 Å². The first-order valence-corrected chi connectivity index (χ1v) is 5.69. The van der Waals surface area contributed by atoms with Crippen LogP contribution in [0.2, 0.25) is 0 Å². The number of carbonyl (C=O) groups is 3. The molecule has 0 saturated carbocycles. The molecule has 0 N–H and O–H groups in total. The van der Waals surface area contributed by atoms with Gasteiger partial charge in [0.05, 0.1) is 0 Å². The zero-order chi connectivity index (χ0) is 11.7. The van der Waals surface area contributed by atoms with Crippen LogP contribution in [0.4, 0.5) is 0 Å². The summed E-state index contributed by atoms with van der Waals surface area (Å²) in [6.07, 6.45) is 3.65. The maximum Gasteiger partial charge on any atom is 0.198 e. The Morgan fingerprint density at radius 2 is 1.27 bits per heavy atom. The zero-order valence-corrected chi connectivity index (χ0v) is 9.67. The highest BCUT2D eigenvalue weighted by atomic mass is 16.2. The van der Waals surface area contributed by atoms with E-state index in [1.54, 1.807) is 0 Å². The van der Waals surface area contributed by atoms with Crippen molar-refractivity contribution < 1.29 is 14.4 Å². The van der Waals surface area contributed by atoms with Gasteiger partial charge in [-0.05, 0) is 19.3 Å². The number of hydrogen-bond donors (Lipinski definition) is 0. The Kier molecular flexibility index (Phi) is 7.78. The summed E-state index contributed by atoms with van der Waals surface area (Å²) in [7, 11) is 0. The SMILES string of the molecule is CCCC(=O)CCCC(=O)C(=O)CCC. The number of Topliss-reactive ketones (excluding diaryl/α,β-unsaturated/α-hetero) is 3. The average molecular weight is 212 g/mol. The Labute approximate surface area is 91.2 Å². The van der Waals surface area contributed by atoms with E-state index in [1.807, 2.05) is 13.8 Å². The molecule has 0 aromatic heterocycles. The molecule has 0 unspecified atom stereocenters. The maximum absolute atomic E-state index is 11.2. The van der Waals surface area contributed by atoms with Crippen LogP contribution in [0.25, 0.3) is 0 Å². The second-order valence-electron chi connectivity index (χ2n) is 3.74. The fourth-order valence-corrected chi connectivity index (χ4v) is 1.36. The van der Waals surface area contributed by atoms with Crippen molar-refractivity contribution >= 4 is 17.3 Å². The van der Waals surface area contributed by atoms with Crippen LogP contribution in [0.1, 0.15) is 58.8 Å². The van der Waals surface area contributed by atoms with Gasteiger partial charge in [-0.1, -0.05) is 13.8 Å². The first-order valence-electron chi connectivity index (χ1n) is 5.69. The maximum atomic E-state index is 11.2. The molecular weight excluding hydrogens is 192 g/mol. The van der Waals surface area contributed by atoms with Crippen LogP contribution in [0.15, 0.2) is 0 Å². The van der Waals surface area contributed by atoms with E-state index in [0.29, 0.717) is 32.1 Å². The second kappa shape index (κ2) is 8.33. The lowest BCUT2D eigenvalue weighted by Crippen LogP contribution is -2.13. The highest BCUT2D eigenvalue weighted by Gasteiger charge is 2.12. The van der Waals surface area contributed by atoms with Gasteiger partial charge < -0.3 is 0 Å². The first kappa shape index (κ1) is 14.0. The molecule has 0 spiro atoms. The average Bonchev–Trinajstić information content (AvgIpc) is 2.18. The smallest absolute Gasteiger partial charge is 0.198 e. The lowest BCUT2D eigenvalue weighted by molar-refractivity contribution is -0.136. The molecule has 0 heterocycles. The summed E-state index contributed by atoms with van der Waals surface area (Å²) in [5.74, 6) is -0.421. The van der Waals surface area contributed by atoms with Gasteiger partial charge >= 0.3 is 0 Å². The molecule has 0 bridgehead atoms. The van der Waals surface area contributed by atoms with E-state index < -0.39 is 0 Å². The summed E-state index contributed by atoms with van der Waals surface area (Å²) >= 11 is 0. The van der Waals surface area contributed by atoms with Gasteiger partial charge in [0.15, 0.2) is 11.6 Å². The third-order valence-corrected chi connectivity index (χ3v) is 2.18.